The molecular formula is C22H42NNaO5S. The molecule has 1 aliphatic heterocycles. The van der Waals surface area contributed by atoms with E-state index in [1.54, 1.807) is 0 Å². The van der Waals surface area contributed by atoms with Gasteiger partial charge in [-0.05, 0) is 6.42 Å². The number of amides is 2. The first kappa shape index (κ1) is 30.0. The third-order valence-electron chi connectivity index (χ3n) is 5.80. The second-order valence-corrected chi connectivity index (χ2v) is 9.99. The monoisotopic (exact) mass is 455 g/mol. The summed E-state index contributed by atoms with van der Waals surface area (Å²) >= 11 is 0. The largest absolute Gasteiger partial charge is 1.00 e. The molecule has 0 aliphatic carbocycles. The molecule has 8 heteroatoms. The molecule has 0 aromatic carbocycles. The van der Waals surface area contributed by atoms with E-state index in [2.05, 4.69) is 6.92 Å². The van der Waals surface area contributed by atoms with Crippen molar-refractivity contribution in [3.8, 4) is 0 Å². The number of rotatable bonds is 18. The molecule has 1 heterocycles. The van der Waals surface area contributed by atoms with E-state index >= 15 is 0 Å². The molecule has 6 nitrogen and oxygen atoms in total. The van der Waals surface area contributed by atoms with E-state index in [9.17, 15) is 18.0 Å². The average molecular weight is 456 g/mol. The second-order valence-electron chi connectivity index (χ2n) is 8.39. The Morgan fingerprint density at radius 3 is 1.50 bits per heavy atom. The van der Waals surface area contributed by atoms with Gasteiger partial charge in [0.05, 0.1) is 6.42 Å². The van der Waals surface area contributed by atoms with Crippen LogP contribution in [0.25, 0.3) is 0 Å². The predicted molar refractivity (Wildman–Crippen MR) is 117 cm³/mol. The molecule has 0 aromatic rings. The fraction of sp³-hybridized carbons (Fsp3) is 0.909. The van der Waals surface area contributed by atoms with Crippen molar-refractivity contribution in [3.63, 3.8) is 0 Å². The molecule has 0 saturated carbocycles. The molecule has 1 atom stereocenters. The SMILES string of the molecule is CCCCCCCCCCCCCCCCCCN1C(=O)CC(S(=O)(=O)O)C1=O.[H-].[Na+]. The predicted octanol–water partition coefficient (Wildman–Crippen LogP) is 2.38. The Balaban J connectivity index is 0. The molecule has 0 spiro atoms. The van der Waals surface area contributed by atoms with Gasteiger partial charge in [-0.25, -0.2) is 0 Å². The number of imide groups is 1. The number of unbranched alkanes of at least 4 members (excludes halogenated alkanes) is 15. The summed E-state index contributed by atoms with van der Waals surface area (Å²) in [6.45, 7) is 2.50. The van der Waals surface area contributed by atoms with E-state index in [1.807, 2.05) is 0 Å². The Hall–Kier alpha value is 0.0500. The molecule has 1 aliphatic rings. The van der Waals surface area contributed by atoms with Crippen molar-refractivity contribution in [1.82, 2.24) is 4.90 Å². The quantitative estimate of drug-likeness (QED) is 0.148. The van der Waals surface area contributed by atoms with Gasteiger partial charge in [0, 0.05) is 6.54 Å². The van der Waals surface area contributed by atoms with Gasteiger partial charge in [-0.1, -0.05) is 103 Å². The minimum absolute atomic E-state index is 0. The van der Waals surface area contributed by atoms with Crippen LogP contribution in [0.1, 0.15) is 118 Å². The van der Waals surface area contributed by atoms with Crippen LogP contribution < -0.4 is 29.6 Å². The Kier molecular flexibility index (Phi) is 17.6. The van der Waals surface area contributed by atoms with Gasteiger partial charge in [-0.2, -0.15) is 8.42 Å². The molecule has 1 rings (SSSR count). The van der Waals surface area contributed by atoms with Crippen LogP contribution in [-0.2, 0) is 19.7 Å². The van der Waals surface area contributed by atoms with Crippen molar-refractivity contribution in [2.24, 2.45) is 0 Å². The van der Waals surface area contributed by atoms with E-state index in [4.69, 9.17) is 4.55 Å². The maximum absolute atomic E-state index is 11.9. The van der Waals surface area contributed by atoms with Crippen LogP contribution in [0, 0.1) is 0 Å². The molecule has 0 radical (unpaired) electrons. The first-order valence-corrected chi connectivity index (χ1v) is 13.2. The Bertz CT molecular complexity index is 588. The molecule has 1 unspecified atom stereocenters. The Morgan fingerprint density at radius 2 is 1.17 bits per heavy atom. The van der Waals surface area contributed by atoms with Gasteiger partial charge in [0.1, 0.15) is 0 Å². The third-order valence-corrected chi connectivity index (χ3v) is 6.88. The van der Waals surface area contributed by atoms with Gasteiger partial charge >= 0.3 is 29.6 Å². The van der Waals surface area contributed by atoms with Gasteiger partial charge in [-0.3, -0.25) is 19.0 Å². The molecular weight excluding hydrogens is 413 g/mol. The zero-order valence-electron chi connectivity index (χ0n) is 20.2. The maximum Gasteiger partial charge on any atom is 1.00 e. The number of nitrogens with zero attached hydrogens (tertiary/aromatic N) is 1. The van der Waals surface area contributed by atoms with Crippen molar-refractivity contribution in [1.29, 1.82) is 0 Å². The molecule has 2 amide bonds. The summed E-state index contributed by atoms with van der Waals surface area (Å²) in [5, 5.41) is -1.60. The van der Waals surface area contributed by atoms with Gasteiger partial charge in [0.25, 0.3) is 16.0 Å². The fourth-order valence-corrected chi connectivity index (χ4v) is 4.67. The first-order valence-electron chi connectivity index (χ1n) is 11.7. The summed E-state index contributed by atoms with van der Waals surface area (Å²) in [4.78, 5) is 24.7. The van der Waals surface area contributed by atoms with Crippen molar-refractivity contribution in [2.45, 2.75) is 121 Å². The molecule has 1 N–H and O–H groups in total. The number of carbonyl (C=O) groups excluding carboxylic acids is 2. The van der Waals surface area contributed by atoms with Crippen LogP contribution in [0.2, 0.25) is 0 Å². The molecule has 1 fully saturated rings. The van der Waals surface area contributed by atoms with E-state index in [0.29, 0.717) is 6.42 Å². The fourth-order valence-electron chi connectivity index (χ4n) is 3.94. The summed E-state index contributed by atoms with van der Waals surface area (Å²) in [5.74, 6) is -1.28. The van der Waals surface area contributed by atoms with Crippen molar-refractivity contribution in [3.05, 3.63) is 0 Å². The van der Waals surface area contributed by atoms with Crippen LogP contribution in [0.4, 0.5) is 0 Å². The number of hydrogen-bond acceptors (Lipinski definition) is 4. The van der Waals surface area contributed by atoms with Crippen LogP contribution in [0.5, 0.6) is 0 Å². The van der Waals surface area contributed by atoms with Gasteiger partial charge in [0.2, 0.25) is 5.91 Å². The minimum Gasteiger partial charge on any atom is -1.00 e. The van der Waals surface area contributed by atoms with E-state index in [-0.39, 0.29) is 37.5 Å². The van der Waals surface area contributed by atoms with E-state index in [1.165, 1.54) is 77.0 Å². The average Bonchev–Trinajstić information content (AvgIpc) is 2.96. The molecule has 172 valence electrons. The normalized spacial score (nSPS) is 16.9. The number of likely N-dealkylation sites (tertiary alicyclic amines) is 1. The van der Waals surface area contributed by atoms with Crippen LogP contribution >= 0.6 is 0 Å². The van der Waals surface area contributed by atoms with Gasteiger partial charge < -0.3 is 1.43 Å². The van der Waals surface area contributed by atoms with Crippen LogP contribution in [0.3, 0.4) is 0 Å². The zero-order valence-corrected chi connectivity index (χ0v) is 22.1. The summed E-state index contributed by atoms with van der Waals surface area (Å²) in [7, 11) is -4.49. The van der Waals surface area contributed by atoms with Crippen molar-refractivity contribution < 1.29 is 53.5 Å². The zero-order chi connectivity index (χ0) is 21.5. The summed E-state index contributed by atoms with van der Waals surface area (Å²) in [6, 6.07) is 0. The standard InChI is InChI=1S/C22H41NO5S.Na.H/c1-2-3-4-5-6-7-8-9-10-11-12-13-14-15-16-17-18-23-21(24)19-20(22(23)25)29(26,27)28;;/h20H,2-19H2,1H3,(H,26,27,28);;/q;+1;-1. The van der Waals surface area contributed by atoms with Crippen molar-refractivity contribution in [2.75, 3.05) is 6.54 Å². The second kappa shape index (κ2) is 17.6. The molecule has 1 saturated heterocycles. The number of carbonyl (C=O) groups is 2. The third kappa shape index (κ3) is 12.8. The first-order chi connectivity index (χ1) is 13.9. The van der Waals surface area contributed by atoms with Crippen molar-refractivity contribution >= 4 is 21.9 Å². The Labute approximate surface area is 207 Å². The summed E-state index contributed by atoms with van der Waals surface area (Å²) in [6.07, 6.45) is 19.5. The van der Waals surface area contributed by atoms with Crippen LogP contribution in [0.15, 0.2) is 0 Å². The molecule has 0 aromatic heterocycles. The van der Waals surface area contributed by atoms with Crippen LogP contribution in [-0.4, -0.2) is 41.5 Å². The topological polar surface area (TPSA) is 91.8 Å². The summed E-state index contributed by atoms with van der Waals surface area (Å²) in [5.41, 5.74) is 0. The maximum atomic E-state index is 11.9. The molecule has 30 heavy (non-hydrogen) atoms. The smallest absolute Gasteiger partial charge is 1.00 e. The van der Waals surface area contributed by atoms with E-state index < -0.39 is 33.6 Å². The van der Waals surface area contributed by atoms with E-state index in [0.717, 1.165) is 24.2 Å². The molecule has 0 bridgehead atoms. The van der Waals surface area contributed by atoms with Gasteiger partial charge in [-0.15, -0.1) is 0 Å². The van der Waals surface area contributed by atoms with Gasteiger partial charge in [0.15, 0.2) is 5.25 Å². The number of hydrogen-bond donors (Lipinski definition) is 1. The minimum atomic E-state index is -4.49. The summed E-state index contributed by atoms with van der Waals surface area (Å²) < 4.78 is 31.2. The Morgan fingerprint density at radius 1 is 0.800 bits per heavy atom.